The van der Waals surface area contributed by atoms with Gasteiger partial charge in [0.05, 0.1) is 4.90 Å². The molecule has 0 atom stereocenters. The Kier molecular flexibility index (Phi) is 2.97. The number of aryl methyl sites for hydroxylation is 1. The first kappa shape index (κ1) is 11.2. The Labute approximate surface area is 85.0 Å². The maximum absolute atomic E-state index is 11.1. The van der Waals surface area contributed by atoms with Crippen LogP contribution < -0.4 is 5.14 Å². The fraction of sp³-hybridized carbons (Fsp3) is 0.400. The fourth-order valence-corrected chi connectivity index (χ4v) is 1.97. The normalized spacial score (nSPS) is 12.1. The van der Waals surface area contributed by atoms with E-state index in [1.807, 2.05) is 20.8 Å². The van der Waals surface area contributed by atoms with E-state index in [-0.39, 0.29) is 4.90 Å². The molecule has 78 valence electrons. The summed E-state index contributed by atoms with van der Waals surface area (Å²) in [7, 11) is -3.58. The highest BCUT2D eigenvalue weighted by molar-refractivity contribution is 7.89. The molecule has 3 nitrogen and oxygen atoms in total. The largest absolute Gasteiger partial charge is 0.238 e. The van der Waals surface area contributed by atoms with Crippen LogP contribution in [-0.2, 0) is 10.0 Å². The van der Waals surface area contributed by atoms with Crippen molar-refractivity contribution in [3.8, 4) is 0 Å². The van der Waals surface area contributed by atoms with Gasteiger partial charge in [0, 0.05) is 0 Å². The molecule has 1 aromatic rings. The first-order valence-electron chi connectivity index (χ1n) is 4.45. The topological polar surface area (TPSA) is 60.2 Å². The van der Waals surface area contributed by atoms with Gasteiger partial charge in [-0.3, -0.25) is 0 Å². The molecule has 0 radical (unpaired) electrons. The second-order valence-electron chi connectivity index (χ2n) is 3.72. The summed E-state index contributed by atoms with van der Waals surface area (Å²) in [5, 5.41) is 5.05. The van der Waals surface area contributed by atoms with Crippen molar-refractivity contribution in [3.63, 3.8) is 0 Å². The number of primary sulfonamides is 1. The second-order valence-corrected chi connectivity index (χ2v) is 5.28. The van der Waals surface area contributed by atoms with Crippen molar-refractivity contribution in [2.24, 2.45) is 5.14 Å². The van der Waals surface area contributed by atoms with Crippen LogP contribution in [0.5, 0.6) is 0 Å². The van der Waals surface area contributed by atoms with Gasteiger partial charge in [-0.05, 0) is 36.1 Å². The van der Waals surface area contributed by atoms with Gasteiger partial charge >= 0.3 is 0 Å². The van der Waals surface area contributed by atoms with Gasteiger partial charge in [0.25, 0.3) is 0 Å². The lowest BCUT2D eigenvalue weighted by Gasteiger charge is -2.10. The first-order valence-corrected chi connectivity index (χ1v) is 6.00. The molecule has 0 unspecified atom stereocenters. The zero-order valence-corrected chi connectivity index (χ0v) is 9.43. The van der Waals surface area contributed by atoms with Crippen molar-refractivity contribution in [2.75, 3.05) is 0 Å². The maximum Gasteiger partial charge on any atom is 0.238 e. The Morgan fingerprint density at radius 1 is 1.29 bits per heavy atom. The highest BCUT2D eigenvalue weighted by Crippen LogP contribution is 2.21. The van der Waals surface area contributed by atoms with E-state index in [0.29, 0.717) is 5.92 Å². The van der Waals surface area contributed by atoms with Crippen LogP contribution in [0.2, 0.25) is 0 Å². The van der Waals surface area contributed by atoms with Crippen molar-refractivity contribution in [1.29, 1.82) is 0 Å². The van der Waals surface area contributed by atoms with Gasteiger partial charge in [0.1, 0.15) is 0 Å². The molecular weight excluding hydrogens is 198 g/mol. The standard InChI is InChI=1S/C10H15NO2S/c1-7(2)10-6-9(14(11,12)13)5-4-8(10)3/h4-7H,1-3H3,(H2,11,12,13). The minimum atomic E-state index is -3.58. The Hall–Kier alpha value is -0.870. The number of rotatable bonds is 2. The fourth-order valence-electron chi connectivity index (χ4n) is 1.42. The van der Waals surface area contributed by atoms with Crippen LogP contribution in [0, 0.1) is 6.92 Å². The van der Waals surface area contributed by atoms with E-state index in [2.05, 4.69) is 0 Å². The van der Waals surface area contributed by atoms with Gasteiger partial charge in [0.2, 0.25) is 10.0 Å². The molecule has 0 aliphatic carbocycles. The molecule has 0 fully saturated rings. The van der Waals surface area contributed by atoms with Crippen LogP contribution in [-0.4, -0.2) is 8.42 Å². The van der Waals surface area contributed by atoms with Crippen LogP contribution in [0.25, 0.3) is 0 Å². The number of hydrogen-bond donors (Lipinski definition) is 1. The van der Waals surface area contributed by atoms with Crippen LogP contribution in [0.1, 0.15) is 30.9 Å². The quantitative estimate of drug-likeness (QED) is 0.813. The Morgan fingerprint density at radius 3 is 2.29 bits per heavy atom. The van der Waals surface area contributed by atoms with Gasteiger partial charge in [-0.15, -0.1) is 0 Å². The van der Waals surface area contributed by atoms with E-state index in [9.17, 15) is 8.42 Å². The van der Waals surface area contributed by atoms with E-state index < -0.39 is 10.0 Å². The van der Waals surface area contributed by atoms with Gasteiger partial charge in [0.15, 0.2) is 0 Å². The lowest BCUT2D eigenvalue weighted by molar-refractivity contribution is 0.597. The van der Waals surface area contributed by atoms with Crippen molar-refractivity contribution in [1.82, 2.24) is 0 Å². The molecule has 0 bridgehead atoms. The molecule has 0 aliphatic rings. The van der Waals surface area contributed by atoms with Crippen LogP contribution >= 0.6 is 0 Å². The van der Waals surface area contributed by atoms with Crippen molar-refractivity contribution < 1.29 is 8.42 Å². The predicted octanol–water partition coefficient (Wildman–Crippen LogP) is 1.77. The lowest BCUT2D eigenvalue weighted by atomic mass is 9.98. The van der Waals surface area contributed by atoms with E-state index in [1.165, 1.54) is 6.07 Å². The Balaban J connectivity index is 3.34. The first-order chi connectivity index (χ1) is 6.32. The van der Waals surface area contributed by atoms with Gasteiger partial charge in [-0.25, -0.2) is 13.6 Å². The molecule has 1 rings (SSSR count). The maximum atomic E-state index is 11.1. The van der Waals surface area contributed by atoms with Crippen molar-refractivity contribution in [2.45, 2.75) is 31.6 Å². The zero-order chi connectivity index (χ0) is 10.9. The molecule has 0 heterocycles. The summed E-state index contributed by atoms with van der Waals surface area (Å²) in [5.74, 6) is 0.302. The molecule has 1 aromatic carbocycles. The number of nitrogens with two attached hydrogens (primary N) is 1. The third kappa shape index (κ3) is 2.33. The Morgan fingerprint density at radius 2 is 1.86 bits per heavy atom. The zero-order valence-electron chi connectivity index (χ0n) is 8.61. The van der Waals surface area contributed by atoms with Crippen molar-refractivity contribution >= 4 is 10.0 Å². The predicted molar refractivity (Wildman–Crippen MR) is 56.6 cm³/mol. The highest BCUT2D eigenvalue weighted by Gasteiger charge is 2.11. The van der Waals surface area contributed by atoms with Gasteiger partial charge < -0.3 is 0 Å². The molecule has 0 spiro atoms. The SMILES string of the molecule is Cc1ccc(S(N)(=O)=O)cc1C(C)C. The number of benzene rings is 1. The minimum Gasteiger partial charge on any atom is -0.225 e. The molecule has 0 saturated carbocycles. The smallest absolute Gasteiger partial charge is 0.225 e. The highest BCUT2D eigenvalue weighted by atomic mass is 32.2. The van der Waals surface area contributed by atoms with Crippen LogP contribution in [0.15, 0.2) is 23.1 Å². The van der Waals surface area contributed by atoms with E-state index in [4.69, 9.17) is 5.14 Å². The molecule has 0 aliphatic heterocycles. The molecular formula is C10H15NO2S. The summed E-state index contributed by atoms with van der Waals surface area (Å²) in [5.41, 5.74) is 2.11. The molecule has 0 aromatic heterocycles. The monoisotopic (exact) mass is 213 g/mol. The molecule has 14 heavy (non-hydrogen) atoms. The average molecular weight is 213 g/mol. The summed E-state index contributed by atoms with van der Waals surface area (Å²) in [6, 6.07) is 4.97. The third-order valence-corrected chi connectivity index (χ3v) is 3.11. The average Bonchev–Trinajstić information content (AvgIpc) is 2.02. The second kappa shape index (κ2) is 3.71. The summed E-state index contributed by atoms with van der Waals surface area (Å²) in [4.78, 5) is 0.187. The van der Waals surface area contributed by atoms with E-state index in [1.54, 1.807) is 12.1 Å². The summed E-state index contributed by atoms with van der Waals surface area (Å²) >= 11 is 0. The summed E-state index contributed by atoms with van der Waals surface area (Å²) in [6.07, 6.45) is 0. The summed E-state index contributed by atoms with van der Waals surface area (Å²) < 4.78 is 22.2. The number of hydrogen-bond acceptors (Lipinski definition) is 2. The lowest BCUT2D eigenvalue weighted by Crippen LogP contribution is -2.12. The van der Waals surface area contributed by atoms with Crippen LogP contribution in [0.3, 0.4) is 0 Å². The van der Waals surface area contributed by atoms with Crippen LogP contribution in [0.4, 0.5) is 0 Å². The molecule has 4 heteroatoms. The molecule has 0 amide bonds. The third-order valence-electron chi connectivity index (χ3n) is 2.20. The molecule has 0 saturated heterocycles. The Bertz CT molecular complexity index is 435. The summed E-state index contributed by atoms with van der Waals surface area (Å²) in [6.45, 7) is 6.01. The van der Waals surface area contributed by atoms with Crippen molar-refractivity contribution in [3.05, 3.63) is 29.3 Å². The molecule has 2 N–H and O–H groups in total. The van der Waals surface area contributed by atoms with E-state index >= 15 is 0 Å². The van der Waals surface area contributed by atoms with Gasteiger partial charge in [-0.1, -0.05) is 19.9 Å². The number of sulfonamides is 1. The minimum absolute atomic E-state index is 0.187. The van der Waals surface area contributed by atoms with E-state index in [0.717, 1.165) is 11.1 Å². The van der Waals surface area contributed by atoms with Gasteiger partial charge in [-0.2, -0.15) is 0 Å².